The van der Waals surface area contributed by atoms with Crippen LogP contribution >= 0.6 is 11.6 Å². The van der Waals surface area contributed by atoms with Crippen molar-refractivity contribution in [2.24, 2.45) is 0 Å². The van der Waals surface area contributed by atoms with Crippen molar-refractivity contribution < 1.29 is 18.7 Å². The Kier molecular flexibility index (Phi) is 7.17. The minimum absolute atomic E-state index is 0.0520. The molecule has 1 aliphatic heterocycles. The fraction of sp³-hybridized carbons (Fsp3) is 0.450. The predicted molar refractivity (Wildman–Crippen MR) is 103 cm³/mol. The number of hydrogen-bond acceptors (Lipinski definition) is 6. The summed E-state index contributed by atoms with van der Waals surface area (Å²) in [4.78, 5) is 22.5. The summed E-state index contributed by atoms with van der Waals surface area (Å²) in [5, 5.41) is 0.344. The molecule has 0 radical (unpaired) electrons. The molecule has 0 bridgehead atoms. The van der Waals surface area contributed by atoms with E-state index in [0.29, 0.717) is 29.6 Å². The van der Waals surface area contributed by atoms with E-state index < -0.39 is 5.82 Å². The number of aromatic nitrogens is 2. The number of hydrogen-bond donors (Lipinski definition) is 0. The molecule has 0 N–H and O–H groups in total. The van der Waals surface area contributed by atoms with Gasteiger partial charge in [0, 0.05) is 28.9 Å². The molecule has 2 aromatic rings. The minimum atomic E-state index is -0.412. The zero-order chi connectivity index (χ0) is 19.9. The molecule has 1 aliphatic rings. The summed E-state index contributed by atoms with van der Waals surface area (Å²) < 4.78 is 24.7. The van der Waals surface area contributed by atoms with Gasteiger partial charge in [-0.3, -0.25) is 14.7 Å². The lowest BCUT2D eigenvalue weighted by Gasteiger charge is -2.31. The van der Waals surface area contributed by atoms with Crippen LogP contribution in [0.15, 0.2) is 30.6 Å². The van der Waals surface area contributed by atoms with Crippen molar-refractivity contribution in [1.29, 1.82) is 0 Å². The quantitative estimate of drug-likeness (QED) is 0.653. The van der Waals surface area contributed by atoms with Crippen LogP contribution in [0.2, 0.25) is 5.02 Å². The Balaban J connectivity index is 1.60. The van der Waals surface area contributed by atoms with E-state index in [1.165, 1.54) is 6.07 Å². The number of rotatable bonds is 7. The summed E-state index contributed by atoms with van der Waals surface area (Å²) in [6.45, 7) is 4.09. The third-order valence-corrected chi connectivity index (χ3v) is 4.94. The van der Waals surface area contributed by atoms with Gasteiger partial charge in [0.15, 0.2) is 0 Å². The van der Waals surface area contributed by atoms with Gasteiger partial charge in [-0.1, -0.05) is 17.7 Å². The first kappa shape index (κ1) is 20.5. The van der Waals surface area contributed by atoms with Crippen LogP contribution in [0, 0.1) is 5.82 Å². The van der Waals surface area contributed by atoms with Gasteiger partial charge in [-0.05, 0) is 45.0 Å². The number of carbonyl (C=O) groups excluding carboxylic acids is 1. The Bertz CT molecular complexity index is 813. The molecule has 0 unspecified atom stereocenters. The lowest BCUT2D eigenvalue weighted by molar-refractivity contribution is -0.144. The maximum Gasteiger partial charge on any atom is 0.320 e. The van der Waals surface area contributed by atoms with Crippen LogP contribution in [-0.2, 0) is 16.1 Å². The first-order valence-electron chi connectivity index (χ1n) is 9.32. The van der Waals surface area contributed by atoms with Crippen LogP contribution in [0.5, 0.6) is 5.88 Å². The lowest BCUT2D eigenvalue weighted by Crippen LogP contribution is -2.37. The topological polar surface area (TPSA) is 64.5 Å². The SMILES string of the molecule is CCOC(=O)CN1CCC(c2nccnc2OCc2ccc(Cl)cc2F)CC1. The molecule has 3 rings (SSSR count). The molecular weight excluding hydrogens is 385 g/mol. The Hall–Kier alpha value is -2.25. The first-order valence-corrected chi connectivity index (χ1v) is 9.70. The van der Waals surface area contributed by atoms with Gasteiger partial charge in [0.25, 0.3) is 0 Å². The summed E-state index contributed by atoms with van der Waals surface area (Å²) in [5.74, 6) is -0.0161. The zero-order valence-corrected chi connectivity index (χ0v) is 16.5. The van der Waals surface area contributed by atoms with Gasteiger partial charge in [0.1, 0.15) is 18.1 Å². The van der Waals surface area contributed by atoms with Crippen LogP contribution in [0.1, 0.15) is 36.9 Å². The highest BCUT2D eigenvalue weighted by molar-refractivity contribution is 6.30. The minimum Gasteiger partial charge on any atom is -0.471 e. The second-order valence-electron chi connectivity index (χ2n) is 6.63. The fourth-order valence-electron chi connectivity index (χ4n) is 3.27. The molecule has 0 atom stereocenters. The van der Waals surface area contributed by atoms with Crippen LogP contribution in [0.3, 0.4) is 0 Å². The van der Waals surface area contributed by atoms with E-state index in [2.05, 4.69) is 14.9 Å². The molecule has 8 heteroatoms. The molecule has 1 aromatic heterocycles. The second kappa shape index (κ2) is 9.80. The number of nitrogens with zero attached hydrogens (tertiary/aromatic N) is 3. The Morgan fingerprint density at radius 3 is 2.75 bits per heavy atom. The molecule has 0 spiro atoms. The maximum atomic E-state index is 14.0. The van der Waals surface area contributed by atoms with E-state index in [9.17, 15) is 9.18 Å². The van der Waals surface area contributed by atoms with Gasteiger partial charge in [0.05, 0.1) is 13.2 Å². The Morgan fingerprint density at radius 2 is 2.04 bits per heavy atom. The van der Waals surface area contributed by atoms with E-state index >= 15 is 0 Å². The standard InChI is InChI=1S/C20H23ClFN3O3/c1-2-27-18(26)12-25-9-5-14(6-10-25)19-20(24-8-7-23-19)28-13-15-3-4-16(21)11-17(15)22/h3-4,7-8,11,14H,2,5-6,9-10,12-13H2,1H3. The van der Waals surface area contributed by atoms with E-state index in [1.54, 1.807) is 31.5 Å². The molecule has 0 aliphatic carbocycles. The summed E-state index contributed by atoms with van der Waals surface area (Å²) >= 11 is 5.79. The molecule has 0 amide bonds. The van der Waals surface area contributed by atoms with Crippen molar-refractivity contribution in [3.8, 4) is 5.88 Å². The largest absolute Gasteiger partial charge is 0.471 e. The third kappa shape index (κ3) is 5.39. The van der Waals surface area contributed by atoms with Gasteiger partial charge in [-0.2, -0.15) is 0 Å². The third-order valence-electron chi connectivity index (χ3n) is 4.70. The molecule has 1 saturated heterocycles. The highest BCUT2D eigenvalue weighted by Crippen LogP contribution is 2.31. The Morgan fingerprint density at radius 1 is 1.29 bits per heavy atom. The number of likely N-dealkylation sites (tertiary alicyclic amines) is 1. The van der Waals surface area contributed by atoms with Gasteiger partial charge < -0.3 is 9.47 Å². The molecule has 0 saturated carbocycles. The van der Waals surface area contributed by atoms with Crippen LogP contribution in [0.25, 0.3) is 0 Å². The van der Waals surface area contributed by atoms with E-state index in [-0.39, 0.29) is 18.5 Å². The van der Waals surface area contributed by atoms with Gasteiger partial charge in [-0.15, -0.1) is 0 Å². The molecule has 150 valence electrons. The maximum absolute atomic E-state index is 14.0. The molecule has 1 fully saturated rings. The van der Waals surface area contributed by atoms with Gasteiger partial charge in [-0.25, -0.2) is 9.37 Å². The predicted octanol–water partition coefficient (Wildman–Crippen LogP) is 3.59. The van der Waals surface area contributed by atoms with E-state index in [1.807, 2.05) is 0 Å². The molecule has 2 heterocycles. The number of halogens is 2. The lowest BCUT2D eigenvalue weighted by atomic mass is 9.93. The fourth-order valence-corrected chi connectivity index (χ4v) is 3.42. The van der Waals surface area contributed by atoms with Crippen molar-refractivity contribution in [3.05, 3.63) is 52.7 Å². The summed E-state index contributed by atoms with van der Waals surface area (Å²) in [6, 6.07) is 4.48. The van der Waals surface area contributed by atoms with E-state index in [4.69, 9.17) is 21.1 Å². The highest BCUT2D eigenvalue weighted by atomic mass is 35.5. The average molecular weight is 408 g/mol. The molecule has 28 heavy (non-hydrogen) atoms. The first-order chi connectivity index (χ1) is 13.6. The zero-order valence-electron chi connectivity index (χ0n) is 15.7. The normalized spacial score (nSPS) is 15.4. The number of benzene rings is 1. The Labute approximate surface area is 168 Å². The van der Waals surface area contributed by atoms with Crippen LogP contribution in [0.4, 0.5) is 4.39 Å². The highest BCUT2D eigenvalue weighted by Gasteiger charge is 2.26. The van der Waals surface area contributed by atoms with E-state index in [0.717, 1.165) is 31.6 Å². The number of piperidine rings is 1. The number of ether oxygens (including phenoxy) is 2. The monoisotopic (exact) mass is 407 g/mol. The second-order valence-corrected chi connectivity index (χ2v) is 7.06. The van der Waals surface area contributed by atoms with Crippen molar-refractivity contribution in [2.75, 3.05) is 26.2 Å². The van der Waals surface area contributed by atoms with Crippen molar-refractivity contribution in [2.45, 2.75) is 32.3 Å². The smallest absolute Gasteiger partial charge is 0.320 e. The number of esters is 1. The van der Waals surface area contributed by atoms with Crippen molar-refractivity contribution in [3.63, 3.8) is 0 Å². The molecule has 6 nitrogen and oxygen atoms in total. The molecular formula is C20H23ClFN3O3. The van der Waals surface area contributed by atoms with Crippen molar-refractivity contribution >= 4 is 17.6 Å². The van der Waals surface area contributed by atoms with Crippen molar-refractivity contribution in [1.82, 2.24) is 14.9 Å². The van der Waals surface area contributed by atoms with Gasteiger partial charge >= 0.3 is 5.97 Å². The summed E-state index contributed by atoms with van der Waals surface area (Å²) in [5.41, 5.74) is 1.18. The molecule has 1 aromatic carbocycles. The summed E-state index contributed by atoms with van der Waals surface area (Å²) in [7, 11) is 0. The average Bonchev–Trinajstić information content (AvgIpc) is 2.68. The number of carbonyl (C=O) groups is 1. The van der Waals surface area contributed by atoms with Gasteiger partial charge in [0.2, 0.25) is 5.88 Å². The summed E-state index contributed by atoms with van der Waals surface area (Å²) in [6.07, 6.45) is 4.87. The van der Waals surface area contributed by atoms with Crippen LogP contribution < -0.4 is 4.74 Å². The van der Waals surface area contributed by atoms with Crippen LogP contribution in [-0.4, -0.2) is 47.1 Å².